The zero-order chi connectivity index (χ0) is 9.68. The van der Waals surface area contributed by atoms with Gasteiger partial charge in [0, 0.05) is 32.0 Å². The molecule has 1 aromatic rings. The monoisotopic (exact) mass is 179 g/mol. The van der Waals surface area contributed by atoms with E-state index >= 15 is 0 Å². The smallest absolute Gasteiger partial charge is 0.0562 e. The molecule has 0 radical (unpaired) electrons. The summed E-state index contributed by atoms with van der Waals surface area (Å²) in [5.74, 6) is 0. The zero-order valence-electron chi connectivity index (χ0n) is 8.54. The fourth-order valence-electron chi connectivity index (χ4n) is 1.16. The molecule has 0 aromatic carbocycles. The summed E-state index contributed by atoms with van der Waals surface area (Å²) in [4.78, 5) is 6.45. The van der Waals surface area contributed by atoms with E-state index < -0.39 is 0 Å². The number of pyridine rings is 1. The predicted molar refractivity (Wildman–Crippen MR) is 55.9 cm³/mol. The molecule has 1 N–H and O–H groups in total. The van der Waals surface area contributed by atoms with Gasteiger partial charge in [-0.15, -0.1) is 0 Å². The molecule has 13 heavy (non-hydrogen) atoms. The van der Waals surface area contributed by atoms with Gasteiger partial charge in [-0.2, -0.15) is 0 Å². The molecule has 0 aliphatic carbocycles. The largest absolute Gasteiger partial charge is 0.375 e. The Bertz CT molecular complexity index is 260. The first-order valence-electron chi connectivity index (χ1n) is 4.58. The van der Waals surface area contributed by atoms with Crippen LogP contribution in [0.2, 0.25) is 0 Å². The summed E-state index contributed by atoms with van der Waals surface area (Å²) in [5.41, 5.74) is 2.31. The first kappa shape index (κ1) is 9.99. The Kier molecular flexibility index (Phi) is 3.71. The van der Waals surface area contributed by atoms with Gasteiger partial charge in [0.05, 0.1) is 5.69 Å². The third-order valence-electron chi connectivity index (χ3n) is 2.07. The number of anilines is 1. The highest BCUT2D eigenvalue weighted by Gasteiger charge is 1.99. The zero-order valence-corrected chi connectivity index (χ0v) is 8.54. The fourth-order valence-corrected chi connectivity index (χ4v) is 1.16. The first-order chi connectivity index (χ1) is 6.27. The van der Waals surface area contributed by atoms with Crippen molar-refractivity contribution in [1.29, 1.82) is 0 Å². The van der Waals surface area contributed by atoms with E-state index in [0.717, 1.165) is 18.8 Å². The standard InChI is InChI=1S/C10H17N3/c1-4-13(3)10-5-6-12-9(7-10)8-11-2/h5-7,11H,4,8H2,1-3H3. The molecular weight excluding hydrogens is 162 g/mol. The van der Waals surface area contributed by atoms with Crippen LogP contribution in [0.1, 0.15) is 12.6 Å². The second-order valence-electron chi connectivity index (χ2n) is 3.05. The van der Waals surface area contributed by atoms with E-state index in [0.29, 0.717) is 0 Å². The van der Waals surface area contributed by atoms with Gasteiger partial charge in [0.25, 0.3) is 0 Å². The maximum absolute atomic E-state index is 4.26. The average Bonchev–Trinajstić information content (AvgIpc) is 2.18. The van der Waals surface area contributed by atoms with Crippen LogP contribution in [0.3, 0.4) is 0 Å². The quantitative estimate of drug-likeness (QED) is 0.754. The Morgan fingerprint density at radius 1 is 1.54 bits per heavy atom. The molecule has 0 fully saturated rings. The molecular formula is C10H17N3. The Morgan fingerprint density at radius 3 is 2.92 bits per heavy atom. The topological polar surface area (TPSA) is 28.2 Å². The Hall–Kier alpha value is -1.09. The van der Waals surface area contributed by atoms with E-state index in [1.807, 2.05) is 19.3 Å². The molecule has 0 aliphatic heterocycles. The van der Waals surface area contributed by atoms with E-state index in [1.165, 1.54) is 5.69 Å². The van der Waals surface area contributed by atoms with Crippen LogP contribution in [-0.2, 0) is 6.54 Å². The second kappa shape index (κ2) is 4.82. The van der Waals surface area contributed by atoms with Crippen molar-refractivity contribution < 1.29 is 0 Å². The van der Waals surface area contributed by atoms with E-state index in [4.69, 9.17) is 0 Å². The van der Waals surface area contributed by atoms with Crippen molar-refractivity contribution in [1.82, 2.24) is 10.3 Å². The molecule has 0 amide bonds. The van der Waals surface area contributed by atoms with Crippen LogP contribution in [0.4, 0.5) is 5.69 Å². The Balaban J connectivity index is 2.78. The average molecular weight is 179 g/mol. The van der Waals surface area contributed by atoms with Crippen molar-refractivity contribution >= 4 is 5.69 Å². The van der Waals surface area contributed by atoms with Crippen molar-refractivity contribution in [2.75, 3.05) is 25.5 Å². The van der Waals surface area contributed by atoms with Crippen molar-refractivity contribution in [3.63, 3.8) is 0 Å². The maximum atomic E-state index is 4.26. The van der Waals surface area contributed by atoms with Crippen LogP contribution < -0.4 is 10.2 Å². The molecule has 0 unspecified atom stereocenters. The lowest BCUT2D eigenvalue weighted by Crippen LogP contribution is -2.16. The van der Waals surface area contributed by atoms with Crippen molar-refractivity contribution in [2.45, 2.75) is 13.5 Å². The third-order valence-corrected chi connectivity index (χ3v) is 2.07. The minimum absolute atomic E-state index is 0.825. The minimum atomic E-state index is 0.825. The summed E-state index contributed by atoms with van der Waals surface area (Å²) in [7, 11) is 4.01. The lowest BCUT2D eigenvalue weighted by Gasteiger charge is -2.16. The maximum Gasteiger partial charge on any atom is 0.0562 e. The number of hydrogen-bond acceptors (Lipinski definition) is 3. The van der Waals surface area contributed by atoms with Crippen molar-refractivity contribution in [3.05, 3.63) is 24.0 Å². The van der Waals surface area contributed by atoms with Crippen LogP contribution in [0.5, 0.6) is 0 Å². The van der Waals surface area contributed by atoms with Gasteiger partial charge in [-0.05, 0) is 26.1 Å². The fraction of sp³-hybridized carbons (Fsp3) is 0.500. The lowest BCUT2D eigenvalue weighted by atomic mass is 10.3. The summed E-state index contributed by atoms with van der Waals surface area (Å²) >= 11 is 0. The Labute approximate surface area is 79.8 Å². The van der Waals surface area contributed by atoms with Gasteiger partial charge in [0.2, 0.25) is 0 Å². The molecule has 0 bridgehead atoms. The van der Waals surface area contributed by atoms with E-state index in [9.17, 15) is 0 Å². The molecule has 0 spiro atoms. The lowest BCUT2D eigenvalue weighted by molar-refractivity contribution is 0.789. The number of hydrogen-bond donors (Lipinski definition) is 1. The minimum Gasteiger partial charge on any atom is -0.375 e. The molecule has 3 nitrogen and oxygen atoms in total. The third kappa shape index (κ3) is 2.70. The molecule has 1 heterocycles. The molecule has 1 aromatic heterocycles. The van der Waals surface area contributed by atoms with Gasteiger partial charge in [0.15, 0.2) is 0 Å². The Morgan fingerprint density at radius 2 is 2.31 bits per heavy atom. The van der Waals surface area contributed by atoms with Crippen LogP contribution in [0, 0.1) is 0 Å². The molecule has 0 saturated heterocycles. The van der Waals surface area contributed by atoms with Gasteiger partial charge in [-0.25, -0.2) is 0 Å². The molecule has 0 atom stereocenters. The highest BCUT2D eigenvalue weighted by Crippen LogP contribution is 2.11. The van der Waals surface area contributed by atoms with Crippen LogP contribution in [0.15, 0.2) is 18.3 Å². The number of nitrogens with one attached hydrogen (secondary N) is 1. The van der Waals surface area contributed by atoms with Gasteiger partial charge in [-0.1, -0.05) is 0 Å². The van der Waals surface area contributed by atoms with Crippen LogP contribution in [0.25, 0.3) is 0 Å². The summed E-state index contributed by atoms with van der Waals surface area (Å²) in [6.45, 7) is 3.98. The summed E-state index contributed by atoms with van der Waals surface area (Å²) in [6.07, 6.45) is 1.86. The molecule has 1 rings (SSSR count). The number of aromatic nitrogens is 1. The summed E-state index contributed by atoms with van der Waals surface area (Å²) < 4.78 is 0. The summed E-state index contributed by atoms with van der Waals surface area (Å²) in [6, 6.07) is 4.14. The van der Waals surface area contributed by atoms with Gasteiger partial charge in [0.1, 0.15) is 0 Å². The van der Waals surface area contributed by atoms with Gasteiger partial charge < -0.3 is 10.2 Å². The number of nitrogens with zero attached hydrogens (tertiary/aromatic N) is 2. The molecule has 72 valence electrons. The normalized spacial score (nSPS) is 10.1. The first-order valence-corrected chi connectivity index (χ1v) is 4.58. The summed E-state index contributed by atoms with van der Waals surface area (Å²) in [5, 5.41) is 3.09. The molecule has 3 heteroatoms. The number of rotatable bonds is 4. The van der Waals surface area contributed by atoms with Crippen LogP contribution >= 0.6 is 0 Å². The van der Waals surface area contributed by atoms with E-state index in [1.54, 1.807) is 0 Å². The SMILES string of the molecule is CCN(C)c1ccnc(CNC)c1. The molecule has 0 aliphatic rings. The highest BCUT2D eigenvalue weighted by atomic mass is 15.1. The van der Waals surface area contributed by atoms with Gasteiger partial charge >= 0.3 is 0 Å². The van der Waals surface area contributed by atoms with E-state index in [2.05, 4.69) is 35.2 Å². The van der Waals surface area contributed by atoms with Crippen LogP contribution in [-0.4, -0.2) is 25.6 Å². The molecule has 0 saturated carbocycles. The second-order valence-corrected chi connectivity index (χ2v) is 3.05. The predicted octanol–water partition coefficient (Wildman–Crippen LogP) is 1.26. The van der Waals surface area contributed by atoms with Crippen molar-refractivity contribution in [3.8, 4) is 0 Å². The van der Waals surface area contributed by atoms with E-state index in [-0.39, 0.29) is 0 Å². The van der Waals surface area contributed by atoms with Gasteiger partial charge in [-0.3, -0.25) is 4.98 Å². The van der Waals surface area contributed by atoms with Crippen molar-refractivity contribution in [2.24, 2.45) is 0 Å². The highest BCUT2D eigenvalue weighted by molar-refractivity contribution is 5.45.